The number of aliphatic hydroxyl groups excluding tert-OH is 1. The molecule has 0 unspecified atom stereocenters. The minimum Gasteiger partial charge on any atom is -0.481 e. The zero-order valence-electron chi connectivity index (χ0n) is 9.69. The number of hydrogen-bond acceptors (Lipinski definition) is 3. The van der Waals surface area contributed by atoms with Gasteiger partial charge in [-0.05, 0) is 12.8 Å². The normalized spacial score (nSPS) is 29.5. The molecule has 0 radical (unpaired) electrons. The number of aliphatic carboxylic acids is 1. The predicted molar refractivity (Wildman–Crippen MR) is 67.8 cm³/mol. The topological polar surface area (TPSA) is 60.8 Å². The maximum atomic E-state index is 11.0. The third-order valence-electron chi connectivity index (χ3n) is 3.35. The van der Waals surface area contributed by atoms with Crippen LogP contribution in [0, 0.1) is 5.92 Å². The smallest absolute Gasteiger partial charge is 0.309 e. The summed E-state index contributed by atoms with van der Waals surface area (Å²) in [7, 11) is 0. The Kier molecular flexibility index (Phi) is 6.55. The summed E-state index contributed by atoms with van der Waals surface area (Å²) in [6, 6.07) is -0.137. The number of alkyl halides is 2. The molecule has 6 heteroatoms. The van der Waals surface area contributed by atoms with Crippen molar-refractivity contribution in [1.29, 1.82) is 0 Å². The van der Waals surface area contributed by atoms with Gasteiger partial charge in [-0.3, -0.25) is 9.69 Å². The number of halogens is 2. The molecule has 100 valence electrons. The van der Waals surface area contributed by atoms with Crippen LogP contribution in [0.15, 0.2) is 0 Å². The summed E-state index contributed by atoms with van der Waals surface area (Å²) >= 11 is 11.4. The molecule has 0 heterocycles. The molecule has 0 aliphatic heterocycles. The third-order valence-corrected chi connectivity index (χ3v) is 3.69. The Balaban J connectivity index is 2.68. The van der Waals surface area contributed by atoms with Crippen LogP contribution in [0.1, 0.15) is 19.3 Å². The van der Waals surface area contributed by atoms with Crippen molar-refractivity contribution >= 4 is 29.2 Å². The Morgan fingerprint density at radius 1 is 1.24 bits per heavy atom. The van der Waals surface area contributed by atoms with Crippen LogP contribution >= 0.6 is 23.2 Å². The predicted octanol–water partition coefficient (Wildman–Crippen LogP) is 1.38. The van der Waals surface area contributed by atoms with E-state index < -0.39 is 18.0 Å². The van der Waals surface area contributed by atoms with Crippen molar-refractivity contribution in [2.75, 3.05) is 24.8 Å². The van der Waals surface area contributed by atoms with Crippen LogP contribution in [0.4, 0.5) is 0 Å². The van der Waals surface area contributed by atoms with E-state index in [2.05, 4.69) is 0 Å². The van der Waals surface area contributed by atoms with Gasteiger partial charge in [0, 0.05) is 30.9 Å². The van der Waals surface area contributed by atoms with E-state index in [1.54, 1.807) is 0 Å². The molecule has 0 aromatic carbocycles. The average molecular weight is 284 g/mol. The molecule has 0 aromatic rings. The second-order valence-electron chi connectivity index (χ2n) is 4.35. The fourth-order valence-electron chi connectivity index (χ4n) is 2.49. The van der Waals surface area contributed by atoms with E-state index in [0.717, 1.165) is 12.8 Å². The van der Waals surface area contributed by atoms with Crippen LogP contribution < -0.4 is 0 Å². The van der Waals surface area contributed by atoms with Gasteiger partial charge >= 0.3 is 5.97 Å². The molecule has 2 N–H and O–H groups in total. The first-order chi connectivity index (χ1) is 8.11. The minimum absolute atomic E-state index is 0.137. The maximum Gasteiger partial charge on any atom is 0.309 e. The highest BCUT2D eigenvalue weighted by molar-refractivity contribution is 6.18. The molecule has 0 saturated heterocycles. The van der Waals surface area contributed by atoms with Gasteiger partial charge in [-0.1, -0.05) is 6.42 Å². The summed E-state index contributed by atoms with van der Waals surface area (Å²) in [4.78, 5) is 13.0. The van der Waals surface area contributed by atoms with Crippen molar-refractivity contribution in [2.45, 2.75) is 31.4 Å². The number of carboxylic acid groups (broad SMARTS) is 1. The molecule has 1 aliphatic rings. The third kappa shape index (κ3) is 3.98. The van der Waals surface area contributed by atoms with Gasteiger partial charge in [0.1, 0.15) is 0 Å². The van der Waals surface area contributed by atoms with Crippen LogP contribution in [0.2, 0.25) is 0 Å². The number of hydrogen-bond donors (Lipinski definition) is 2. The van der Waals surface area contributed by atoms with Gasteiger partial charge in [0.25, 0.3) is 0 Å². The maximum absolute atomic E-state index is 11.0. The largest absolute Gasteiger partial charge is 0.481 e. The van der Waals surface area contributed by atoms with Gasteiger partial charge in [-0.15, -0.1) is 23.2 Å². The summed E-state index contributed by atoms with van der Waals surface area (Å²) in [5.74, 6) is -0.670. The van der Waals surface area contributed by atoms with Gasteiger partial charge in [0.15, 0.2) is 0 Å². The van der Waals surface area contributed by atoms with E-state index in [0.29, 0.717) is 31.3 Å². The second kappa shape index (κ2) is 7.41. The number of carboxylic acids is 1. The molecule has 1 rings (SSSR count). The molecule has 0 amide bonds. The van der Waals surface area contributed by atoms with Crippen molar-refractivity contribution in [1.82, 2.24) is 4.90 Å². The molecule has 1 aliphatic carbocycles. The van der Waals surface area contributed by atoms with E-state index in [1.807, 2.05) is 4.90 Å². The zero-order valence-corrected chi connectivity index (χ0v) is 11.2. The molecule has 0 spiro atoms. The van der Waals surface area contributed by atoms with Gasteiger partial charge in [0.2, 0.25) is 0 Å². The Morgan fingerprint density at radius 3 is 2.29 bits per heavy atom. The Labute approximate surface area is 111 Å². The molecule has 17 heavy (non-hydrogen) atoms. The van der Waals surface area contributed by atoms with Crippen LogP contribution in [-0.2, 0) is 4.79 Å². The Hall–Kier alpha value is -0.0300. The first-order valence-electron chi connectivity index (χ1n) is 5.88. The molecular weight excluding hydrogens is 265 g/mol. The highest BCUT2D eigenvalue weighted by atomic mass is 35.5. The highest BCUT2D eigenvalue weighted by Gasteiger charge is 2.38. The molecular formula is C11H19Cl2NO3. The fraction of sp³-hybridized carbons (Fsp3) is 0.909. The van der Waals surface area contributed by atoms with Crippen LogP contribution in [0.3, 0.4) is 0 Å². The van der Waals surface area contributed by atoms with Crippen LogP contribution in [0.25, 0.3) is 0 Å². The standard InChI is InChI=1S/C11H19Cl2NO3/c12-4-6-14(7-5-13)9-3-1-2-8(10(9)15)11(16)17/h8-10,15H,1-7H2,(H,16,17)/t8-,9-,10-/m0/s1. The van der Waals surface area contributed by atoms with E-state index in [-0.39, 0.29) is 6.04 Å². The van der Waals surface area contributed by atoms with Crippen molar-refractivity contribution in [3.8, 4) is 0 Å². The average Bonchev–Trinajstić information content (AvgIpc) is 2.29. The van der Waals surface area contributed by atoms with Crippen molar-refractivity contribution in [3.63, 3.8) is 0 Å². The molecule has 0 aromatic heterocycles. The van der Waals surface area contributed by atoms with Crippen LogP contribution in [-0.4, -0.2) is 58.1 Å². The quantitative estimate of drug-likeness (QED) is 0.723. The van der Waals surface area contributed by atoms with Gasteiger partial charge < -0.3 is 10.2 Å². The lowest BCUT2D eigenvalue weighted by Crippen LogP contribution is -2.52. The molecule has 0 bridgehead atoms. The van der Waals surface area contributed by atoms with Crippen molar-refractivity contribution in [2.24, 2.45) is 5.92 Å². The first-order valence-corrected chi connectivity index (χ1v) is 6.95. The lowest BCUT2D eigenvalue weighted by atomic mass is 9.82. The summed E-state index contributed by atoms with van der Waals surface area (Å²) in [5, 5.41) is 19.2. The highest BCUT2D eigenvalue weighted by Crippen LogP contribution is 2.28. The number of rotatable bonds is 6. The van der Waals surface area contributed by atoms with Gasteiger partial charge in [-0.2, -0.15) is 0 Å². The van der Waals surface area contributed by atoms with E-state index >= 15 is 0 Å². The second-order valence-corrected chi connectivity index (χ2v) is 5.10. The van der Waals surface area contributed by atoms with E-state index in [9.17, 15) is 9.90 Å². The van der Waals surface area contributed by atoms with E-state index in [1.165, 1.54) is 0 Å². The molecule has 3 atom stereocenters. The minimum atomic E-state index is -0.918. The zero-order chi connectivity index (χ0) is 12.8. The molecule has 4 nitrogen and oxygen atoms in total. The SMILES string of the molecule is O=C(O)[C@H]1CCC[C@H](N(CCCl)CCCl)[C@H]1O. The van der Waals surface area contributed by atoms with Crippen LogP contribution in [0.5, 0.6) is 0 Å². The lowest BCUT2D eigenvalue weighted by Gasteiger charge is -2.39. The first kappa shape index (κ1) is 15.0. The van der Waals surface area contributed by atoms with Gasteiger partial charge in [0.05, 0.1) is 12.0 Å². The Bertz CT molecular complexity index is 247. The Morgan fingerprint density at radius 2 is 1.82 bits per heavy atom. The van der Waals surface area contributed by atoms with E-state index in [4.69, 9.17) is 28.3 Å². The summed E-state index contributed by atoms with van der Waals surface area (Å²) < 4.78 is 0. The summed E-state index contributed by atoms with van der Waals surface area (Å²) in [6.07, 6.45) is 1.34. The fourth-order valence-corrected chi connectivity index (χ4v) is 2.92. The van der Waals surface area contributed by atoms with Crippen molar-refractivity contribution in [3.05, 3.63) is 0 Å². The van der Waals surface area contributed by atoms with Gasteiger partial charge in [-0.25, -0.2) is 0 Å². The lowest BCUT2D eigenvalue weighted by molar-refractivity contribution is -0.150. The number of nitrogens with zero attached hydrogens (tertiary/aromatic N) is 1. The molecule has 1 saturated carbocycles. The summed E-state index contributed by atoms with van der Waals surface area (Å²) in [5.41, 5.74) is 0. The number of carbonyl (C=O) groups is 1. The van der Waals surface area contributed by atoms with Crippen molar-refractivity contribution < 1.29 is 15.0 Å². The summed E-state index contributed by atoms with van der Waals surface area (Å²) in [6.45, 7) is 1.25. The monoisotopic (exact) mass is 283 g/mol. The number of aliphatic hydroxyl groups is 1. The molecule has 1 fully saturated rings.